The number of rotatable bonds is 5. The average molecular weight is 273 g/mol. The fourth-order valence-corrected chi connectivity index (χ4v) is 2.09. The quantitative estimate of drug-likeness (QED) is 0.822. The maximum Gasteiger partial charge on any atom is 0.291 e. The van der Waals surface area contributed by atoms with Crippen molar-refractivity contribution in [2.75, 3.05) is 29.0 Å². The van der Waals surface area contributed by atoms with Crippen LogP contribution in [0.3, 0.4) is 0 Å². The highest BCUT2D eigenvalue weighted by Gasteiger charge is 2.11. The van der Waals surface area contributed by atoms with Gasteiger partial charge in [0.2, 0.25) is 0 Å². The van der Waals surface area contributed by atoms with Crippen molar-refractivity contribution in [1.82, 2.24) is 0 Å². The van der Waals surface area contributed by atoms with Crippen molar-refractivity contribution < 1.29 is 9.21 Å². The molecule has 20 heavy (non-hydrogen) atoms. The number of nitrogens with two attached hydrogens (primary N) is 1. The van der Waals surface area contributed by atoms with E-state index in [0.717, 1.165) is 18.8 Å². The van der Waals surface area contributed by atoms with E-state index in [4.69, 9.17) is 10.2 Å². The lowest BCUT2D eigenvalue weighted by Gasteiger charge is -2.23. The predicted octanol–water partition coefficient (Wildman–Crippen LogP) is 2.96. The van der Waals surface area contributed by atoms with Crippen LogP contribution >= 0.6 is 0 Å². The van der Waals surface area contributed by atoms with Crippen molar-refractivity contribution in [3.8, 4) is 0 Å². The number of nitrogens with zero attached hydrogens (tertiary/aromatic N) is 1. The largest absolute Gasteiger partial charge is 0.459 e. The van der Waals surface area contributed by atoms with Crippen LogP contribution in [0.4, 0.5) is 17.1 Å². The van der Waals surface area contributed by atoms with Crippen LogP contribution in [-0.2, 0) is 0 Å². The van der Waals surface area contributed by atoms with Gasteiger partial charge in [0.25, 0.3) is 5.91 Å². The molecule has 0 fully saturated rings. The van der Waals surface area contributed by atoms with Crippen LogP contribution in [0.1, 0.15) is 24.4 Å². The number of anilines is 3. The molecular weight excluding hydrogens is 254 g/mol. The summed E-state index contributed by atoms with van der Waals surface area (Å²) in [7, 11) is 0. The zero-order chi connectivity index (χ0) is 14.5. The minimum absolute atomic E-state index is 0.274. The van der Waals surface area contributed by atoms with Crippen molar-refractivity contribution in [3.05, 3.63) is 42.4 Å². The van der Waals surface area contributed by atoms with Crippen molar-refractivity contribution in [2.24, 2.45) is 0 Å². The Morgan fingerprint density at radius 1 is 1.30 bits per heavy atom. The predicted molar refractivity (Wildman–Crippen MR) is 81.1 cm³/mol. The van der Waals surface area contributed by atoms with Crippen LogP contribution in [-0.4, -0.2) is 19.0 Å². The van der Waals surface area contributed by atoms with E-state index in [0.29, 0.717) is 11.4 Å². The molecule has 0 atom stereocenters. The van der Waals surface area contributed by atoms with E-state index in [1.165, 1.54) is 6.26 Å². The molecule has 5 heteroatoms. The molecule has 1 heterocycles. The third kappa shape index (κ3) is 2.93. The molecule has 5 nitrogen and oxygen atoms in total. The molecule has 0 spiro atoms. The van der Waals surface area contributed by atoms with Gasteiger partial charge in [-0.1, -0.05) is 0 Å². The van der Waals surface area contributed by atoms with Gasteiger partial charge in [-0.15, -0.1) is 0 Å². The number of nitrogen functional groups attached to an aromatic ring is 1. The summed E-state index contributed by atoms with van der Waals surface area (Å²) in [6.07, 6.45) is 1.47. The molecule has 0 saturated heterocycles. The second kappa shape index (κ2) is 6.14. The maximum absolute atomic E-state index is 11.9. The molecule has 0 aliphatic rings. The van der Waals surface area contributed by atoms with Gasteiger partial charge in [-0.3, -0.25) is 4.79 Å². The lowest BCUT2D eigenvalue weighted by Crippen LogP contribution is -2.23. The van der Waals surface area contributed by atoms with Crippen LogP contribution in [0.25, 0.3) is 0 Å². The van der Waals surface area contributed by atoms with Gasteiger partial charge < -0.3 is 20.4 Å². The van der Waals surface area contributed by atoms with Gasteiger partial charge >= 0.3 is 0 Å². The molecular formula is C15H19N3O2. The molecule has 106 valence electrons. The van der Waals surface area contributed by atoms with Crippen LogP contribution in [0.15, 0.2) is 41.0 Å². The summed E-state index contributed by atoms with van der Waals surface area (Å²) < 4.78 is 5.04. The van der Waals surface area contributed by atoms with E-state index < -0.39 is 0 Å². The summed E-state index contributed by atoms with van der Waals surface area (Å²) in [5.74, 6) is -0.0126. The van der Waals surface area contributed by atoms with Crippen molar-refractivity contribution in [2.45, 2.75) is 13.8 Å². The Morgan fingerprint density at radius 2 is 2.05 bits per heavy atom. The standard InChI is InChI=1S/C15H19N3O2/c1-3-18(4-2)13-8-7-11(10-12(13)16)17-15(19)14-6-5-9-20-14/h5-10H,3-4,16H2,1-2H3,(H,17,19). The van der Waals surface area contributed by atoms with Crippen LogP contribution in [0.2, 0.25) is 0 Å². The lowest BCUT2D eigenvalue weighted by atomic mass is 10.2. The zero-order valence-corrected chi connectivity index (χ0v) is 11.7. The zero-order valence-electron chi connectivity index (χ0n) is 11.7. The minimum Gasteiger partial charge on any atom is -0.459 e. The van der Waals surface area contributed by atoms with E-state index in [9.17, 15) is 4.79 Å². The molecule has 1 aromatic heterocycles. The van der Waals surface area contributed by atoms with E-state index in [2.05, 4.69) is 24.1 Å². The van der Waals surface area contributed by atoms with Crippen molar-refractivity contribution in [1.29, 1.82) is 0 Å². The first kappa shape index (κ1) is 14.0. The number of benzene rings is 1. The summed E-state index contributed by atoms with van der Waals surface area (Å²) in [4.78, 5) is 14.0. The van der Waals surface area contributed by atoms with Crippen molar-refractivity contribution >= 4 is 23.0 Å². The highest BCUT2D eigenvalue weighted by molar-refractivity contribution is 6.02. The number of carbonyl (C=O) groups excluding carboxylic acids is 1. The summed E-state index contributed by atoms with van der Waals surface area (Å²) in [6.45, 7) is 5.93. The molecule has 0 unspecified atom stereocenters. The number of nitrogens with one attached hydrogen (secondary N) is 1. The molecule has 0 aliphatic carbocycles. The number of hydrogen-bond donors (Lipinski definition) is 2. The topological polar surface area (TPSA) is 71.5 Å². The van der Waals surface area contributed by atoms with Gasteiger partial charge in [-0.2, -0.15) is 0 Å². The molecule has 0 saturated carbocycles. The SMILES string of the molecule is CCN(CC)c1ccc(NC(=O)c2ccco2)cc1N. The fourth-order valence-electron chi connectivity index (χ4n) is 2.09. The van der Waals surface area contributed by atoms with Gasteiger partial charge in [-0.25, -0.2) is 0 Å². The Labute approximate surface area is 118 Å². The molecule has 1 aromatic carbocycles. The Kier molecular flexibility index (Phi) is 4.30. The van der Waals surface area contributed by atoms with Gasteiger partial charge in [0.05, 0.1) is 17.6 Å². The highest BCUT2D eigenvalue weighted by atomic mass is 16.3. The molecule has 0 radical (unpaired) electrons. The first-order valence-electron chi connectivity index (χ1n) is 6.65. The Morgan fingerprint density at radius 3 is 2.60 bits per heavy atom. The fraction of sp³-hybridized carbons (Fsp3) is 0.267. The molecule has 2 aromatic rings. The molecule has 0 aliphatic heterocycles. The minimum atomic E-state index is -0.287. The van der Waals surface area contributed by atoms with Crippen LogP contribution < -0.4 is 16.0 Å². The second-order valence-electron chi connectivity index (χ2n) is 4.38. The van der Waals surface area contributed by atoms with Crippen molar-refractivity contribution in [3.63, 3.8) is 0 Å². The first-order valence-corrected chi connectivity index (χ1v) is 6.65. The number of carbonyl (C=O) groups is 1. The molecule has 3 N–H and O–H groups in total. The Balaban J connectivity index is 2.15. The van der Waals surface area contributed by atoms with E-state index in [1.807, 2.05) is 12.1 Å². The van der Waals surface area contributed by atoms with Gasteiger partial charge in [0.15, 0.2) is 5.76 Å². The van der Waals surface area contributed by atoms with Crippen LogP contribution in [0.5, 0.6) is 0 Å². The highest BCUT2D eigenvalue weighted by Crippen LogP contribution is 2.26. The number of furan rings is 1. The monoisotopic (exact) mass is 273 g/mol. The maximum atomic E-state index is 11.9. The summed E-state index contributed by atoms with van der Waals surface area (Å²) in [6, 6.07) is 8.80. The second-order valence-corrected chi connectivity index (χ2v) is 4.38. The Bertz CT molecular complexity index is 575. The molecule has 0 bridgehead atoms. The average Bonchev–Trinajstić information content (AvgIpc) is 2.96. The van der Waals surface area contributed by atoms with Crippen LogP contribution in [0, 0.1) is 0 Å². The van der Waals surface area contributed by atoms with Gasteiger partial charge in [-0.05, 0) is 44.2 Å². The smallest absolute Gasteiger partial charge is 0.291 e. The summed E-state index contributed by atoms with van der Waals surface area (Å²) >= 11 is 0. The van der Waals surface area contributed by atoms with Gasteiger partial charge in [0.1, 0.15) is 0 Å². The third-order valence-electron chi connectivity index (χ3n) is 3.13. The third-order valence-corrected chi connectivity index (χ3v) is 3.13. The number of amides is 1. The molecule has 2 rings (SSSR count). The summed E-state index contributed by atoms with van der Waals surface area (Å²) in [5, 5.41) is 2.76. The van der Waals surface area contributed by atoms with E-state index in [-0.39, 0.29) is 11.7 Å². The van der Waals surface area contributed by atoms with E-state index in [1.54, 1.807) is 18.2 Å². The number of hydrogen-bond acceptors (Lipinski definition) is 4. The van der Waals surface area contributed by atoms with E-state index >= 15 is 0 Å². The Hall–Kier alpha value is -2.43. The summed E-state index contributed by atoms with van der Waals surface area (Å²) in [5.41, 5.74) is 8.33. The lowest BCUT2D eigenvalue weighted by molar-refractivity contribution is 0.0996. The first-order chi connectivity index (χ1) is 9.65. The normalized spacial score (nSPS) is 10.3. The van der Waals surface area contributed by atoms with Gasteiger partial charge in [0, 0.05) is 18.8 Å². The molecule has 1 amide bonds.